The summed E-state index contributed by atoms with van der Waals surface area (Å²) in [6.07, 6.45) is -3.23. The molecule has 0 heterocycles. The molecule has 2 unspecified atom stereocenters. The number of rotatable bonds is 0. The van der Waals surface area contributed by atoms with Gasteiger partial charge >= 0.3 is 0 Å². The van der Waals surface area contributed by atoms with E-state index < -0.39 is 17.8 Å². The lowest BCUT2D eigenvalue weighted by Crippen LogP contribution is -2.32. The first-order valence-corrected chi connectivity index (χ1v) is 3.74. The van der Waals surface area contributed by atoms with Crippen LogP contribution in [-0.2, 0) is 14.4 Å². The largest absolute Gasteiger partial charge is 0.383 e. The number of hydrogen-bond acceptors (Lipinski definition) is 5. The third-order valence-corrected chi connectivity index (χ3v) is 2.01. The Labute approximate surface area is 78.7 Å². The first kappa shape index (κ1) is 10.4. The Morgan fingerprint density at radius 3 is 1.64 bits per heavy atom. The van der Waals surface area contributed by atoms with Gasteiger partial charge in [-0.05, 0) is 0 Å². The highest BCUT2D eigenvalue weighted by molar-refractivity contribution is 5.72. The van der Waals surface area contributed by atoms with E-state index in [9.17, 15) is 24.6 Å². The molecular weight excluding hydrogens is 188 g/mol. The van der Waals surface area contributed by atoms with E-state index in [-0.39, 0.29) is 17.6 Å². The Hall–Kier alpha value is -1.73. The molecule has 1 fully saturated rings. The van der Waals surface area contributed by atoms with Gasteiger partial charge in [0.15, 0.2) is 0 Å². The van der Waals surface area contributed by atoms with Crippen LogP contribution in [0.3, 0.4) is 0 Å². The monoisotopic (exact) mass is 194 g/mol. The molecule has 0 aliphatic heterocycles. The van der Waals surface area contributed by atoms with Crippen molar-refractivity contribution in [1.29, 1.82) is 0 Å². The minimum Gasteiger partial charge on any atom is -0.383 e. The van der Waals surface area contributed by atoms with Crippen molar-refractivity contribution in [1.82, 2.24) is 0 Å². The molecule has 1 aliphatic rings. The molecule has 5 heteroatoms. The summed E-state index contributed by atoms with van der Waals surface area (Å²) in [5, 5.41) is 18.6. The van der Waals surface area contributed by atoms with Gasteiger partial charge in [0.2, 0.25) is 0 Å². The van der Waals surface area contributed by atoms with Gasteiger partial charge in [-0.3, -0.25) is 0 Å². The second kappa shape index (κ2) is 3.99. The van der Waals surface area contributed by atoms with E-state index in [1.54, 1.807) is 0 Å². The molecule has 0 saturated heterocycles. The average molecular weight is 194 g/mol. The molecule has 14 heavy (non-hydrogen) atoms. The van der Waals surface area contributed by atoms with E-state index in [0.717, 1.165) is 0 Å². The molecule has 1 saturated carbocycles. The van der Waals surface area contributed by atoms with E-state index in [1.807, 2.05) is 0 Å². The fraction of sp³-hybridized carbons (Fsp3) is 0.333. The SMILES string of the molecule is O=C=C1CC(=C=O)C(O)C(=C=O)C1O. The van der Waals surface area contributed by atoms with Crippen molar-refractivity contribution < 1.29 is 24.6 Å². The Morgan fingerprint density at radius 2 is 1.36 bits per heavy atom. The highest BCUT2D eigenvalue weighted by Gasteiger charge is 2.34. The van der Waals surface area contributed by atoms with Crippen molar-refractivity contribution in [2.24, 2.45) is 0 Å². The summed E-state index contributed by atoms with van der Waals surface area (Å²) in [6.45, 7) is 0. The predicted octanol–water partition coefficient (Wildman–Crippen LogP) is -1.61. The van der Waals surface area contributed by atoms with E-state index >= 15 is 0 Å². The summed E-state index contributed by atoms with van der Waals surface area (Å²) in [6, 6.07) is 0. The van der Waals surface area contributed by atoms with E-state index in [0.29, 0.717) is 0 Å². The van der Waals surface area contributed by atoms with Crippen molar-refractivity contribution >= 4 is 17.8 Å². The summed E-state index contributed by atoms with van der Waals surface area (Å²) in [5.74, 6) is 4.12. The summed E-state index contributed by atoms with van der Waals surface area (Å²) in [7, 11) is 0. The minimum atomic E-state index is -1.50. The predicted molar refractivity (Wildman–Crippen MR) is 44.3 cm³/mol. The van der Waals surface area contributed by atoms with E-state index in [2.05, 4.69) is 0 Å². The molecule has 0 radical (unpaired) electrons. The van der Waals surface area contributed by atoms with E-state index in [1.165, 1.54) is 17.8 Å². The Kier molecular flexibility index (Phi) is 2.95. The van der Waals surface area contributed by atoms with Crippen LogP contribution < -0.4 is 0 Å². The lowest BCUT2D eigenvalue weighted by molar-refractivity contribution is 0.167. The minimum absolute atomic E-state index is 0.174. The number of aliphatic hydroxyl groups excluding tert-OH is 2. The van der Waals surface area contributed by atoms with Crippen LogP contribution in [0.25, 0.3) is 0 Å². The molecule has 2 N–H and O–H groups in total. The highest BCUT2D eigenvalue weighted by Crippen LogP contribution is 2.28. The van der Waals surface area contributed by atoms with Gasteiger partial charge < -0.3 is 10.2 Å². The fourth-order valence-corrected chi connectivity index (χ4v) is 1.22. The van der Waals surface area contributed by atoms with Crippen molar-refractivity contribution in [3.05, 3.63) is 16.7 Å². The van der Waals surface area contributed by atoms with Crippen molar-refractivity contribution in [2.45, 2.75) is 18.6 Å². The Morgan fingerprint density at radius 1 is 0.929 bits per heavy atom. The molecule has 0 aromatic rings. The molecule has 5 nitrogen and oxygen atoms in total. The van der Waals surface area contributed by atoms with Gasteiger partial charge in [0.05, 0.1) is 16.7 Å². The maximum atomic E-state index is 10.3. The zero-order valence-electron chi connectivity index (χ0n) is 6.98. The summed E-state index contributed by atoms with van der Waals surface area (Å²) in [5.41, 5.74) is -0.799. The molecule has 0 bridgehead atoms. The van der Waals surface area contributed by atoms with Crippen LogP contribution in [0.15, 0.2) is 16.7 Å². The van der Waals surface area contributed by atoms with Gasteiger partial charge in [0.1, 0.15) is 30.0 Å². The molecule has 0 aromatic carbocycles. The van der Waals surface area contributed by atoms with Crippen molar-refractivity contribution in [3.63, 3.8) is 0 Å². The maximum Gasteiger partial charge on any atom is 0.129 e. The first-order chi connectivity index (χ1) is 6.65. The zero-order valence-corrected chi connectivity index (χ0v) is 6.98. The van der Waals surface area contributed by atoms with Gasteiger partial charge in [-0.1, -0.05) is 0 Å². The number of carbonyl (C=O) groups excluding carboxylic acids is 3. The van der Waals surface area contributed by atoms with Crippen molar-refractivity contribution in [3.8, 4) is 0 Å². The molecule has 0 amide bonds. The van der Waals surface area contributed by atoms with E-state index in [4.69, 9.17) is 0 Å². The lowest BCUT2D eigenvalue weighted by Gasteiger charge is -2.24. The molecule has 2 atom stereocenters. The molecule has 0 aromatic heterocycles. The van der Waals surface area contributed by atoms with Gasteiger partial charge in [0, 0.05) is 6.42 Å². The molecule has 1 aliphatic carbocycles. The van der Waals surface area contributed by atoms with Gasteiger partial charge in [-0.25, -0.2) is 14.4 Å². The second-order valence-electron chi connectivity index (χ2n) is 2.79. The molecule has 72 valence electrons. The Bertz CT molecular complexity index is 371. The topological polar surface area (TPSA) is 91.7 Å². The maximum absolute atomic E-state index is 10.3. The second-order valence-corrected chi connectivity index (χ2v) is 2.79. The first-order valence-electron chi connectivity index (χ1n) is 3.74. The summed E-state index contributed by atoms with van der Waals surface area (Å²) in [4.78, 5) is 31.0. The fourth-order valence-electron chi connectivity index (χ4n) is 1.22. The molecule has 0 spiro atoms. The zero-order chi connectivity index (χ0) is 10.7. The summed E-state index contributed by atoms with van der Waals surface area (Å²) >= 11 is 0. The normalized spacial score (nSPS) is 26.6. The standard InChI is InChI=1S/C9H6O5/c10-2-5-1-6(3-11)9(14)7(4-12)8(5)13/h8-9,13-14H,1H2. The molecule has 1 rings (SSSR count). The van der Waals surface area contributed by atoms with Crippen LogP contribution in [0.4, 0.5) is 0 Å². The highest BCUT2D eigenvalue weighted by atomic mass is 16.3. The quantitative estimate of drug-likeness (QED) is 0.452. The summed E-state index contributed by atoms with van der Waals surface area (Å²) < 4.78 is 0. The van der Waals surface area contributed by atoms with Crippen LogP contribution in [-0.4, -0.2) is 40.2 Å². The smallest absolute Gasteiger partial charge is 0.129 e. The lowest BCUT2D eigenvalue weighted by atomic mass is 9.84. The van der Waals surface area contributed by atoms with Crippen molar-refractivity contribution in [2.75, 3.05) is 0 Å². The van der Waals surface area contributed by atoms with Gasteiger partial charge in [0.25, 0.3) is 0 Å². The van der Waals surface area contributed by atoms with Gasteiger partial charge in [-0.2, -0.15) is 0 Å². The number of hydrogen-bond donors (Lipinski definition) is 2. The van der Waals surface area contributed by atoms with Crippen LogP contribution >= 0.6 is 0 Å². The van der Waals surface area contributed by atoms with Crippen LogP contribution in [0.5, 0.6) is 0 Å². The Balaban J connectivity index is 3.28. The van der Waals surface area contributed by atoms with Crippen LogP contribution in [0.2, 0.25) is 0 Å². The molecular formula is C9H6O5. The van der Waals surface area contributed by atoms with Crippen LogP contribution in [0, 0.1) is 0 Å². The van der Waals surface area contributed by atoms with Crippen LogP contribution in [0.1, 0.15) is 6.42 Å². The third-order valence-electron chi connectivity index (χ3n) is 2.01. The number of aliphatic hydroxyl groups is 2. The third kappa shape index (κ3) is 1.50. The average Bonchev–Trinajstić information content (AvgIpc) is 2.19. The van der Waals surface area contributed by atoms with Gasteiger partial charge in [-0.15, -0.1) is 0 Å².